The first kappa shape index (κ1) is 29.9. The second-order valence-corrected chi connectivity index (χ2v) is 11.9. The zero-order valence-electron chi connectivity index (χ0n) is 24.2. The summed E-state index contributed by atoms with van der Waals surface area (Å²) in [7, 11) is 0. The first-order valence-corrected chi connectivity index (χ1v) is 15.0. The minimum Gasteiger partial charge on any atom is -0.381 e. The molecule has 224 valence electrons. The largest absolute Gasteiger partial charge is 0.381 e. The molecule has 9 heteroatoms. The summed E-state index contributed by atoms with van der Waals surface area (Å²) in [5.41, 5.74) is 1.66. The van der Waals surface area contributed by atoms with E-state index in [1.54, 1.807) is 6.07 Å². The van der Waals surface area contributed by atoms with Crippen molar-refractivity contribution in [1.29, 1.82) is 0 Å². The molecule has 0 saturated carbocycles. The van der Waals surface area contributed by atoms with E-state index < -0.39 is 17.3 Å². The van der Waals surface area contributed by atoms with Crippen LogP contribution >= 0.6 is 0 Å². The Labute approximate surface area is 247 Å². The van der Waals surface area contributed by atoms with Crippen molar-refractivity contribution in [3.63, 3.8) is 0 Å². The number of allylic oxidation sites excluding steroid dienone is 2. The quantitative estimate of drug-likeness (QED) is 0.471. The lowest BCUT2D eigenvalue weighted by Crippen LogP contribution is -2.58. The highest BCUT2D eigenvalue weighted by Gasteiger charge is 2.41. The molecule has 3 N–H and O–H groups in total. The normalized spacial score (nSPS) is 25.7. The highest BCUT2D eigenvalue weighted by atomic mass is 19.1. The van der Waals surface area contributed by atoms with Crippen LogP contribution in [0.25, 0.3) is 0 Å². The second-order valence-electron chi connectivity index (χ2n) is 11.9. The van der Waals surface area contributed by atoms with E-state index in [1.165, 1.54) is 12.1 Å². The van der Waals surface area contributed by atoms with Crippen molar-refractivity contribution in [3.8, 4) is 0 Å². The maximum Gasteiger partial charge on any atom is 0.243 e. The molecule has 1 spiro atoms. The second kappa shape index (κ2) is 13.6. The average molecular weight is 577 g/mol. The molecule has 0 aromatic heterocycles. The number of carbonyl (C=O) groups excluding carboxylic acids is 3. The van der Waals surface area contributed by atoms with Crippen molar-refractivity contribution in [2.24, 2.45) is 11.3 Å². The molecule has 8 nitrogen and oxygen atoms in total. The van der Waals surface area contributed by atoms with E-state index in [9.17, 15) is 18.8 Å². The number of carbonyl (C=O) groups is 3. The van der Waals surface area contributed by atoms with Crippen LogP contribution in [-0.4, -0.2) is 67.6 Å². The van der Waals surface area contributed by atoms with Gasteiger partial charge in [0.25, 0.3) is 0 Å². The molecule has 2 saturated heterocycles. The lowest BCUT2D eigenvalue weighted by Gasteiger charge is -2.40. The molecule has 3 aliphatic heterocycles. The van der Waals surface area contributed by atoms with Crippen LogP contribution in [0.15, 0.2) is 60.7 Å². The lowest BCUT2D eigenvalue weighted by atomic mass is 9.75. The van der Waals surface area contributed by atoms with Crippen molar-refractivity contribution in [3.05, 3.63) is 77.6 Å². The molecule has 3 heterocycles. The van der Waals surface area contributed by atoms with Gasteiger partial charge in [0, 0.05) is 44.5 Å². The van der Waals surface area contributed by atoms with Gasteiger partial charge < -0.3 is 20.7 Å². The molecule has 3 atom stereocenters. The first-order chi connectivity index (χ1) is 20.3. The minimum absolute atomic E-state index is 0.0847. The average Bonchev–Trinajstić information content (AvgIpc) is 2.98. The number of fused-ring (bicyclic) bond motifs is 1. The highest BCUT2D eigenvalue weighted by Crippen LogP contribution is 2.36. The van der Waals surface area contributed by atoms with Crippen molar-refractivity contribution >= 4 is 23.4 Å². The number of piperidine rings is 1. The number of halogens is 1. The fourth-order valence-electron chi connectivity index (χ4n) is 6.32. The molecule has 2 aromatic rings. The Bertz CT molecular complexity index is 1290. The van der Waals surface area contributed by atoms with Crippen LogP contribution in [0.1, 0.15) is 43.2 Å². The third-order valence-corrected chi connectivity index (χ3v) is 8.94. The van der Waals surface area contributed by atoms with Crippen LogP contribution in [-0.2, 0) is 25.5 Å². The third-order valence-electron chi connectivity index (χ3n) is 8.94. The summed E-state index contributed by atoms with van der Waals surface area (Å²) in [5, 5.41) is 9.24. The number of likely N-dealkylation sites (tertiary alicyclic amines) is 1. The molecule has 2 fully saturated rings. The van der Waals surface area contributed by atoms with Crippen molar-refractivity contribution in [2.45, 2.75) is 57.5 Å². The molecule has 0 bridgehead atoms. The Balaban J connectivity index is 1.31. The number of rotatable bonds is 5. The lowest BCUT2D eigenvalue weighted by molar-refractivity contribution is -0.140. The van der Waals surface area contributed by atoms with E-state index in [0.29, 0.717) is 64.1 Å². The first-order valence-electron chi connectivity index (χ1n) is 15.0. The van der Waals surface area contributed by atoms with Gasteiger partial charge in [-0.25, -0.2) is 4.39 Å². The predicted molar refractivity (Wildman–Crippen MR) is 159 cm³/mol. The monoisotopic (exact) mass is 576 g/mol. The molecular formula is C33H41FN4O4. The number of anilines is 1. The van der Waals surface area contributed by atoms with E-state index in [-0.39, 0.29) is 36.2 Å². The van der Waals surface area contributed by atoms with Crippen molar-refractivity contribution in [2.75, 3.05) is 38.2 Å². The number of nitrogens with one attached hydrogen (secondary N) is 3. The molecule has 0 radical (unpaired) electrons. The molecule has 5 rings (SSSR count). The fourth-order valence-corrected chi connectivity index (χ4v) is 6.32. The Kier molecular flexibility index (Phi) is 9.69. The highest BCUT2D eigenvalue weighted by molar-refractivity contribution is 5.93. The summed E-state index contributed by atoms with van der Waals surface area (Å²) in [6, 6.07) is 13.3. The molecule has 3 amide bonds. The number of amides is 3. The standard InChI is InChI=1S/C33H41FN4O4/c1-23-10-11-26(34)20-28(23)35-30(39)22-38-16-12-27-25(21-38)9-5-6-13-33(14-17-42-18-15-33)32(41)37-29(31(40)36-27)19-24-7-3-2-4-8-24/h2-8,10-11,20,25,27,29H,9,12-19,21-22H2,1H3,(H,35,39)(H,36,40)(H,37,41)/b6-5+/t25-,27-,29-/m0/s1. The Morgan fingerprint density at radius 3 is 2.67 bits per heavy atom. The molecule has 42 heavy (non-hydrogen) atoms. The molecule has 0 unspecified atom stereocenters. The smallest absolute Gasteiger partial charge is 0.243 e. The van der Waals surface area contributed by atoms with Crippen molar-refractivity contribution < 1.29 is 23.5 Å². The summed E-state index contributed by atoms with van der Waals surface area (Å²) < 4.78 is 19.3. The molecule has 0 aliphatic carbocycles. The van der Waals surface area contributed by atoms with E-state index in [0.717, 1.165) is 17.5 Å². The number of ether oxygens (including phenoxy) is 1. The number of hydrogen-bond acceptors (Lipinski definition) is 5. The Morgan fingerprint density at radius 1 is 1.10 bits per heavy atom. The fraction of sp³-hybridized carbons (Fsp3) is 0.485. The zero-order chi connectivity index (χ0) is 29.5. The topological polar surface area (TPSA) is 99.8 Å². The van der Waals surface area contributed by atoms with Gasteiger partial charge in [0.05, 0.1) is 12.0 Å². The summed E-state index contributed by atoms with van der Waals surface area (Å²) in [6.07, 6.45) is 7.87. The van der Waals surface area contributed by atoms with Crippen LogP contribution in [0.2, 0.25) is 0 Å². The van der Waals surface area contributed by atoms with E-state index in [4.69, 9.17) is 4.74 Å². The van der Waals surface area contributed by atoms with Crippen LogP contribution in [0, 0.1) is 24.1 Å². The van der Waals surface area contributed by atoms with Crippen LogP contribution in [0.3, 0.4) is 0 Å². The molecule has 3 aliphatic rings. The number of nitrogens with zero attached hydrogens (tertiary/aromatic N) is 1. The van der Waals surface area contributed by atoms with Crippen LogP contribution in [0.5, 0.6) is 0 Å². The van der Waals surface area contributed by atoms with Gasteiger partial charge in [-0.3, -0.25) is 19.3 Å². The zero-order valence-corrected chi connectivity index (χ0v) is 24.2. The van der Waals surface area contributed by atoms with E-state index in [1.807, 2.05) is 37.3 Å². The predicted octanol–water partition coefficient (Wildman–Crippen LogP) is 3.75. The minimum atomic E-state index is -0.693. The van der Waals surface area contributed by atoms with Gasteiger partial charge in [0.2, 0.25) is 17.7 Å². The van der Waals surface area contributed by atoms with Gasteiger partial charge in [0.1, 0.15) is 11.9 Å². The Morgan fingerprint density at radius 2 is 1.88 bits per heavy atom. The summed E-state index contributed by atoms with van der Waals surface area (Å²) in [5.74, 6) is -0.751. The van der Waals surface area contributed by atoms with E-state index >= 15 is 0 Å². The van der Waals surface area contributed by atoms with Gasteiger partial charge >= 0.3 is 0 Å². The maximum atomic E-state index is 13.8. The number of hydrogen-bond donors (Lipinski definition) is 3. The van der Waals surface area contributed by atoms with Gasteiger partial charge in [-0.1, -0.05) is 48.6 Å². The van der Waals surface area contributed by atoms with Gasteiger partial charge in [-0.2, -0.15) is 0 Å². The summed E-state index contributed by atoms with van der Waals surface area (Å²) in [6.45, 7) is 4.34. The van der Waals surface area contributed by atoms with Crippen molar-refractivity contribution in [1.82, 2.24) is 15.5 Å². The number of aryl methyl sites for hydroxylation is 1. The third kappa shape index (κ3) is 7.44. The van der Waals surface area contributed by atoms with Crippen LogP contribution in [0.4, 0.5) is 10.1 Å². The SMILES string of the molecule is Cc1ccc(F)cc1NC(=O)CN1CC[C@@H]2NC(=O)[C@H](Cc3ccccc3)NC(=O)C3(C/C=C/C[C@H]2C1)CCOCC3. The maximum absolute atomic E-state index is 13.8. The summed E-state index contributed by atoms with van der Waals surface area (Å²) >= 11 is 0. The van der Waals surface area contributed by atoms with Gasteiger partial charge in [-0.15, -0.1) is 0 Å². The van der Waals surface area contributed by atoms with Gasteiger partial charge in [-0.05, 0) is 68.2 Å². The van der Waals surface area contributed by atoms with Crippen LogP contribution < -0.4 is 16.0 Å². The molecule has 2 aromatic carbocycles. The van der Waals surface area contributed by atoms with E-state index in [2.05, 4.69) is 33.0 Å². The summed E-state index contributed by atoms with van der Waals surface area (Å²) in [4.78, 5) is 42.4. The number of benzene rings is 2. The molecular weight excluding hydrogens is 535 g/mol. The van der Waals surface area contributed by atoms with Gasteiger partial charge in [0.15, 0.2) is 0 Å². The Hall–Kier alpha value is -3.56.